The highest BCUT2D eigenvalue weighted by Gasteiger charge is 2.33. The number of benzene rings is 1. The van der Waals surface area contributed by atoms with Gasteiger partial charge in [-0.25, -0.2) is 9.97 Å². The number of hydrogen-bond acceptors (Lipinski definition) is 8. The molecule has 1 atom stereocenters. The SMILES string of the molecule is Fc1c(NCC2CCC(Cc3nn[nH]n3)CC2)ncnc1N1CCOCC1c1ccc(C(F)(F)F)cc1. The topological polar surface area (TPSA) is 105 Å². The van der Waals surface area contributed by atoms with Gasteiger partial charge in [0, 0.05) is 19.5 Å². The molecular formula is C24H28F4N8O. The molecule has 198 valence electrons. The lowest BCUT2D eigenvalue weighted by molar-refractivity contribution is -0.137. The first kappa shape index (κ1) is 25.3. The minimum absolute atomic E-state index is 0.106. The van der Waals surface area contributed by atoms with E-state index in [0.717, 1.165) is 50.1 Å². The molecule has 1 aliphatic heterocycles. The van der Waals surface area contributed by atoms with Gasteiger partial charge in [-0.3, -0.25) is 0 Å². The third-order valence-electron chi connectivity index (χ3n) is 7.18. The molecule has 1 unspecified atom stereocenters. The molecule has 1 aromatic carbocycles. The van der Waals surface area contributed by atoms with Crippen LogP contribution in [-0.4, -0.2) is 56.9 Å². The van der Waals surface area contributed by atoms with Gasteiger partial charge in [0.1, 0.15) is 6.33 Å². The standard InChI is InChI=1S/C24H28F4N8O/c25-21-22(29-12-16-3-1-15(2-4-16)11-20-32-34-35-33-20)30-14-31-23(21)36-9-10-37-13-19(36)17-5-7-18(8-6-17)24(26,27)28/h5-8,14-16,19H,1-4,9-13H2,(H,29,30,31)(H,32,33,34,35). The van der Waals surface area contributed by atoms with Gasteiger partial charge in [-0.05, 0) is 55.2 Å². The summed E-state index contributed by atoms with van der Waals surface area (Å²) in [5.41, 5.74) is -0.138. The van der Waals surface area contributed by atoms with E-state index in [1.165, 1.54) is 18.5 Å². The van der Waals surface area contributed by atoms with E-state index in [1.54, 1.807) is 4.90 Å². The molecule has 2 fully saturated rings. The lowest BCUT2D eigenvalue weighted by Gasteiger charge is -2.37. The molecule has 1 saturated heterocycles. The van der Waals surface area contributed by atoms with Gasteiger partial charge in [0.05, 0.1) is 24.8 Å². The second kappa shape index (κ2) is 11.0. The molecule has 13 heteroatoms. The Morgan fingerprint density at radius 3 is 2.51 bits per heavy atom. The second-order valence-electron chi connectivity index (χ2n) is 9.56. The first-order valence-corrected chi connectivity index (χ1v) is 12.4. The number of aromatic nitrogens is 6. The molecule has 0 radical (unpaired) electrons. The average molecular weight is 521 g/mol. The maximum Gasteiger partial charge on any atom is 0.416 e. The Balaban J connectivity index is 1.23. The molecule has 1 aliphatic carbocycles. The maximum atomic E-state index is 15.6. The predicted octanol–water partition coefficient (Wildman–Crippen LogP) is 4.19. The number of tetrazole rings is 1. The maximum absolute atomic E-state index is 15.6. The minimum atomic E-state index is -4.42. The Morgan fingerprint density at radius 1 is 1.05 bits per heavy atom. The molecule has 2 N–H and O–H groups in total. The summed E-state index contributed by atoms with van der Waals surface area (Å²) in [5.74, 6) is 1.29. The summed E-state index contributed by atoms with van der Waals surface area (Å²) in [7, 11) is 0. The molecule has 3 heterocycles. The quantitative estimate of drug-likeness (QED) is 0.447. The van der Waals surface area contributed by atoms with E-state index in [4.69, 9.17) is 4.74 Å². The summed E-state index contributed by atoms with van der Waals surface area (Å²) in [5, 5.41) is 17.3. The van der Waals surface area contributed by atoms with Crippen molar-refractivity contribution in [3.63, 3.8) is 0 Å². The summed E-state index contributed by atoms with van der Waals surface area (Å²) >= 11 is 0. The van der Waals surface area contributed by atoms with Gasteiger partial charge in [-0.2, -0.15) is 22.8 Å². The van der Waals surface area contributed by atoms with E-state index in [1.807, 2.05) is 0 Å². The normalized spacial score (nSPS) is 22.7. The predicted molar refractivity (Wildman–Crippen MR) is 126 cm³/mol. The number of rotatable bonds is 7. The van der Waals surface area contributed by atoms with Crippen LogP contribution in [0.15, 0.2) is 30.6 Å². The molecule has 3 aromatic rings. The molecule has 0 amide bonds. The fourth-order valence-corrected chi connectivity index (χ4v) is 5.12. The molecule has 2 aliphatic rings. The zero-order valence-electron chi connectivity index (χ0n) is 20.1. The molecule has 9 nitrogen and oxygen atoms in total. The van der Waals surface area contributed by atoms with Crippen LogP contribution in [0, 0.1) is 17.7 Å². The number of nitrogens with zero attached hydrogens (tertiary/aromatic N) is 6. The monoisotopic (exact) mass is 520 g/mol. The van der Waals surface area contributed by atoms with Crippen molar-refractivity contribution in [3.8, 4) is 0 Å². The number of nitrogens with one attached hydrogen (secondary N) is 2. The van der Waals surface area contributed by atoms with Crippen LogP contribution in [0.1, 0.15) is 48.7 Å². The summed E-state index contributed by atoms with van der Waals surface area (Å²) < 4.78 is 60.1. The van der Waals surface area contributed by atoms with Gasteiger partial charge in [-0.1, -0.05) is 17.3 Å². The van der Waals surface area contributed by atoms with Crippen LogP contribution in [0.2, 0.25) is 0 Å². The molecule has 5 rings (SSSR count). The minimum Gasteiger partial charge on any atom is -0.377 e. The van der Waals surface area contributed by atoms with Crippen molar-refractivity contribution in [1.82, 2.24) is 30.6 Å². The number of alkyl halides is 3. The van der Waals surface area contributed by atoms with Gasteiger partial charge in [0.15, 0.2) is 17.5 Å². The number of ether oxygens (including phenoxy) is 1. The van der Waals surface area contributed by atoms with Crippen LogP contribution in [0.5, 0.6) is 0 Å². The largest absolute Gasteiger partial charge is 0.416 e. The average Bonchev–Trinajstić information content (AvgIpc) is 3.42. The third-order valence-corrected chi connectivity index (χ3v) is 7.18. The lowest BCUT2D eigenvalue weighted by Crippen LogP contribution is -2.40. The third kappa shape index (κ3) is 5.97. The number of H-pyrrole nitrogens is 1. The van der Waals surface area contributed by atoms with Crippen LogP contribution in [0.4, 0.5) is 29.2 Å². The summed E-state index contributed by atoms with van der Waals surface area (Å²) in [4.78, 5) is 10.0. The number of hydrogen-bond donors (Lipinski definition) is 2. The van der Waals surface area contributed by atoms with Crippen molar-refractivity contribution in [2.45, 2.75) is 44.3 Å². The van der Waals surface area contributed by atoms with Crippen molar-refractivity contribution < 1.29 is 22.3 Å². The van der Waals surface area contributed by atoms with E-state index in [0.29, 0.717) is 37.1 Å². The van der Waals surface area contributed by atoms with E-state index in [-0.39, 0.29) is 18.2 Å². The van der Waals surface area contributed by atoms with Crippen LogP contribution in [0.3, 0.4) is 0 Å². The van der Waals surface area contributed by atoms with Gasteiger partial charge in [-0.15, -0.1) is 10.2 Å². The Hall–Kier alpha value is -3.35. The summed E-state index contributed by atoms with van der Waals surface area (Å²) in [6.45, 7) is 1.51. The first-order valence-electron chi connectivity index (χ1n) is 12.4. The zero-order chi connectivity index (χ0) is 25.8. The second-order valence-corrected chi connectivity index (χ2v) is 9.56. The van der Waals surface area contributed by atoms with Crippen molar-refractivity contribution in [1.29, 1.82) is 0 Å². The van der Waals surface area contributed by atoms with Gasteiger partial charge in [0.25, 0.3) is 0 Å². The van der Waals surface area contributed by atoms with Crippen LogP contribution >= 0.6 is 0 Å². The Morgan fingerprint density at radius 2 is 1.81 bits per heavy atom. The highest BCUT2D eigenvalue weighted by molar-refractivity contribution is 5.53. The Labute approximate surface area is 211 Å². The number of morpholine rings is 1. The number of anilines is 2. The zero-order valence-corrected chi connectivity index (χ0v) is 20.1. The highest BCUT2D eigenvalue weighted by Crippen LogP contribution is 2.35. The van der Waals surface area contributed by atoms with Gasteiger partial charge in [0.2, 0.25) is 5.82 Å². The summed E-state index contributed by atoms with van der Waals surface area (Å²) in [6, 6.07) is 4.40. The fourth-order valence-electron chi connectivity index (χ4n) is 5.12. The van der Waals surface area contributed by atoms with Crippen molar-refractivity contribution in [2.24, 2.45) is 11.8 Å². The number of halogens is 4. The summed E-state index contributed by atoms with van der Waals surface area (Å²) in [6.07, 6.45) is 1.79. The van der Waals surface area contributed by atoms with E-state index < -0.39 is 23.6 Å². The van der Waals surface area contributed by atoms with Gasteiger partial charge >= 0.3 is 6.18 Å². The van der Waals surface area contributed by atoms with E-state index in [2.05, 4.69) is 35.9 Å². The van der Waals surface area contributed by atoms with Crippen molar-refractivity contribution >= 4 is 11.6 Å². The van der Waals surface area contributed by atoms with Crippen molar-refractivity contribution in [3.05, 3.63) is 53.4 Å². The first-order chi connectivity index (χ1) is 17.9. The Bertz CT molecular complexity index is 1150. The molecule has 37 heavy (non-hydrogen) atoms. The Kier molecular flexibility index (Phi) is 7.49. The molecule has 1 saturated carbocycles. The molecular weight excluding hydrogens is 492 g/mol. The number of aromatic amines is 1. The van der Waals surface area contributed by atoms with E-state index >= 15 is 4.39 Å². The van der Waals surface area contributed by atoms with Crippen LogP contribution in [-0.2, 0) is 17.3 Å². The van der Waals surface area contributed by atoms with Crippen LogP contribution in [0.25, 0.3) is 0 Å². The fraction of sp³-hybridized carbons (Fsp3) is 0.542. The molecule has 0 spiro atoms. The highest BCUT2D eigenvalue weighted by atomic mass is 19.4. The van der Waals surface area contributed by atoms with Gasteiger partial charge < -0.3 is 15.0 Å². The molecule has 2 aromatic heterocycles. The lowest BCUT2D eigenvalue weighted by atomic mass is 9.80. The van der Waals surface area contributed by atoms with Crippen molar-refractivity contribution in [2.75, 3.05) is 36.5 Å². The van der Waals surface area contributed by atoms with Crippen LogP contribution < -0.4 is 10.2 Å². The molecule has 0 bridgehead atoms. The smallest absolute Gasteiger partial charge is 0.377 e. The van der Waals surface area contributed by atoms with E-state index in [9.17, 15) is 13.2 Å².